The van der Waals surface area contributed by atoms with Gasteiger partial charge in [0.05, 0.1) is 0 Å². The zero-order valence-electron chi connectivity index (χ0n) is 14.3. The van der Waals surface area contributed by atoms with E-state index < -0.39 is 17.6 Å². The molecule has 6 heteroatoms. The summed E-state index contributed by atoms with van der Waals surface area (Å²) in [7, 11) is 0. The first kappa shape index (κ1) is 18.0. The van der Waals surface area contributed by atoms with Crippen molar-refractivity contribution in [3.05, 3.63) is 35.4 Å². The number of amides is 2. The topological polar surface area (TPSA) is 86.7 Å². The molecule has 2 rings (SSSR count). The molecular formula is C18H24N2O4. The van der Waals surface area contributed by atoms with Gasteiger partial charge >= 0.3 is 6.09 Å². The first-order valence-electron chi connectivity index (χ1n) is 8.14. The Morgan fingerprint density at radius 2 is 1.88 bits per heavy atom. The first-order chi connectivity index (χ1) is 11.2. The Morgan fingerprint density at radius 3 is 2.50 bits per heavy atom. The van der Waals surface area contributed by atoms with Gasteiger partial charge in [0, 0.05) is 24.1 Å². The van der Waals surface area contributed by atoms with Gasteiger partial charge in [-0.25, -0.2) is 4.79 Å². The minimum absolute atomic E-state index is 0.0180. The maximum Gasteiger partial charge on any atom is 0.404 e. The van der Waals surface area contributed by atoms with Gasteiger partial charge in [0.1, 0.15) is 6.04 Å². The highest BCUT2D eigenvalue weighted by molar-refractivity contribution is 6.06. The van der Waals surface area contributed by atoms with Gasteiger partial charge in [0.15, 0.2) is 5.78 Å². The van der Waals surface area contributed by atoms with Crippen LogP contribution in [0.25, 0.3) is 0 Å². The van der Waals surface area contributed by atoms with Crippen LogP contribution in [-0.2, 0) is 4.79 Å². The predicted octanol–water partition coefficient (Wildman–Crippen LogP) is 2.85. The number of carbonyl (C=O) groups excluding carboxylic acids is 2. The number of nitrogens with one attached hydrogen (secondary N) is 1. The van der Waals surface area contributed by atoms with E-state index in [-0.39, 0.29) is 11.7 Å². The summed E-state index contributed by atoms with van der Waals surface area (Å²) in [6.45, 7) is 6.34. The minimum atomic E-state index is -1.06. The molecule has 24 heavy (non-hydrogen) atoms. The number of carboxylic acid groups (broad SMARTS) is 1. The molecule has 6 nitrogen and oxygen atoms in total. The SMILES string of the molecule is CC(C)(C)C(=O)C1c2ccccc2C(=O)N1CCCCNC(=O)O. The fraction of sp³-hybridized carbons (Fsp3) is 0.500. The van der Waals surface area contributed by atoms with Crippen molar-refractivity contribution < 1.29 is 19.5 Å². The van der Waals surface area contributed by atoms with Crippen molar-refractivity contribution in [1.82, 2.24) is 10.2 Å². The molecule has 0 bridgehead atoms. The number of rotatable bonds is 6. The van der Waals surface area contributed by atoms with E-state index in [0.717, 1.165) is 5.56 Å². The van der Waals surface area contributed by atoms with Crippen LogP contribution in [0.2, 0.25) is 0 Å². The number of benzene rings is 1. The number of carbonyl (C=O) groups is 3. The number of Topliss-reactive ketones (excluding diaryl/α,β-unsaturated/α-hetero) is 1. The molecule has 130 valence electrons. The average molecular weight is 332 g/mol. The summed E-state index contributed by atoms with van der Waals surface area (Å²) in [5.41, 5.74) is 0.806. The highest BCUT2D eigenvalue weighted by Gasteiger charge is 2.43. The molecule has 0 aliphatic carbocycles. The van der Waals surface area contributed by atoms with Gasteiger partial charge < -0.3 is 15.3 Å². The maximum absolute atomic E-state index is 12.9. The zero-order valence-corrected chi connectivity index (χ0v) is 14.3. The molecule has 2 amide bonds. The summed E-state index contributed by atoms with van der Waals surface area (Å²) in [4.78, 5) is 37.6. The minimum Gasteiger partial charge on any atom is -0.465 e. The Morgan fingerprint density at radius 1 is 1.21 bits per heavy atom. The Balaban J connectivity index is 2.15. The van der Waals surface area contributed by atoms with E-state index in [1.807, 2.05) is 32.9 Å². The maximum atomic E-state index is 12.9. The fourth-order valence-corrected chi connectivity index (χ4v) is 2.90. The quantitative estimate of drug-likeness (QED) is 0.784. The molecule has 0 saturated heterocycles. The smallest absolute Gasteiger partial charge is 0.404 e. The lowest BCUT2D eigenvalue weighted by Gasteiger charge is -2.29. The number of hydrogen-bond acceptors (Lipinski definition) is 3. The third-order valence-corrected chi connectivity index (χ3v) is 4.15. The van der Waals surface area contributed by atoms with Crippen molar-refractivity contribution in [3.8, 4) is 0 Å². The molecule has 1 aromatic rings. The molecule has 0 saturated carbocycles. The lowest BCUT2D eigenvalue weighted by atomic mass is 9.84. The molecule has 1 atom stereocenters. The number of nitrogens with zero attached hydrogens (tertiary/aromatic N) is 1. The second-order valence-electron chi connectivity index (χ2n) is 7.04. The van der Waals surface area contributed by atoms with Crippen LogP contribution in [0.15, 0.2) is 24.3 Å². The van der Waals surface area contributed by atoms with E-state index in [0.29, 0.717) is 31.5 Å². The standard InChI is InChI=1S/C18H24N2O4/c1-18(2,3)15(21)14-12-8-4-5-9-13(12)16(22)20(14)11-7-6-10-19-17(23)24/h4-5,8-9,14,19H,6-7,10-11H2,1-3H3,(H,23,24). The number of ketones is 1. The van der Waals surface area contributed by atoms with E-state index in [9.17, 15) is 14.4 Å². The van der Waals surface area contributed by atoms with Crippen molar-refractivity contribution in [3.63, 3.8) is 0 Å². The van der Waals surface area contributed by atoms with Crippen LogP contribution in [0.4, 0.5) is 4.79 Å². The summed E-state index contributed by atoms with van der Waals surface area (Å²) in [5.74, 6) is -0.108. The van der Waals surface area contributed by atoms with Crippen LogP contribution in [0.3, 0.4) is 0 Å². The van der Waals surface area contributed by atoms with Crippen LogP contribution in [0.1, 0.15) is 55.6 Å². The van der Waals surface area contributed by atoms with Crippen molar-refractivity contribution in [1.29, 1.82) is 0 Å². The van der Waals surface area contributed by atoms with Crippen molar-refractivity contribution >= 4 is 17.8 Å². The number of hydrogen-bond donors (Lipinski definition) is 2. The third-order valence-electron chi connectivity index (χ3n) is 4.15. The van der Waals surface area contributed by atoms with Gasteiger partial charge in [-0.1, -0.05) is 39.0 Å². The van der Waals surface area contributed by atoms with Crippen molar-refractivity contribution in [2.75, 3.05) is 13.1 Å². The molecular weight excluding hydrogens is 308 g/mol. The monoisotopic (exact) mass is 332 g/mol. The largest absolute Gasteiger partial charge is 0.465 e. The van der Waals surface area contributed by atoms with Gasteiger partial charge in [-0.2, -0.15) is 0 Å². The molecule has 0 aromatic heterocycles. The second-order valence-corrected chi connectivity index (χ2v) is 7.04. The Kier molecular flexibility index (Phi) is 5.26. The highest BCUT2D eigenvalue weighted by atomic mass is 16.4. The van der Waals surface area contributed by atoms with E-state index in [2.05, 4.69) is 5.32 Å². The predicted molar refractivity (Wildman–Crippen MR) is 89.9 cm³/mol. The van der Waals surface area contributed by atoms with Crippen molar-refractivity contribution in [2.24, 2.45) is 5.41 Å². The van der Waals surface area contributed by atoms with Gasteiger partial charge in [-0.3, -0.25) is 9.59 Å². The van der Waals surface area contributed by atoms with Gasteiger partial charge in [0.2, 0.25) is 0 Å². The third kappa shape index (κ3) is 3.75. The van der Waals surface area contributed by atoms with Gasteiger partial charge in [-0.15, -0.1) is 0 Å². The van der Waals surface area contributed by atoms with Crippen LogP contribution >= 0.6 is 0 Å². The van der Waals surface area contributed by atoms with Crippen molar-refractivity contribution in [2.45, 2.75) is 39.7 Å². The fourth-order valence-electron chi connectivity index (χ4n) is 2.90. The molecule has 1 aliphatic heterocycles. The summed E-state index contributed by atoms with van der Waals surface area (Å²) < 4.78 is 0. The molecule has 0 spiro atoms. The number of fused-ring (bicyclic) bond motifs is 1. The van der Waals surface area contributed by atoms with Crippen LogP contribution in [-0.4, -0.2) is 40.9 Å². The van der Waals surface area contributed by atoms with Gasteiger partial charge in [-0.05, 0) is 24.5 Å². The lowest BCUT2D eigenvalue weighted by molar-refractivity contribution is -0.131. The normalized spacial score (nSPS) is 16.9. The molecule has 1 unspecified atom stereocenters. The summed E-state index contributed by atoms with van der Waals surface area (Å²) in [5, 5.41) is 10.9. The molecule has 0 radical (unpaired) electrons. The first-order valence-corrected chi connectivity index (χ1v) is 8.14. The van der Waals surface area contributed by atoms with Crippen LogP contribution < -0.4 is 5.32 Å². The highest BCUT2D eigenvalue weighted by Crippen LogP contribution is 2.38. The Bertz CT molecular complexity index is 649. The van der Waals surface area contributed by atoms with E-state index in [1.54, 1.807) is 17.0 Å². The van der Waals surface area contributed by atoms with E-state index >= 15 is 0 Å². The van der Waals surface area contributed by atoms with Crippen LogP contribution in [0, 0.1) is 5.41 Å². The summed E-state index contributed by atoms with van der Waals surface area (Å²) >= 11 is 0. The Hall–Kier alpha value is -2.37. The molecule has 0 fully saturated rings. The molecule has 2 N–H and O–H groups in total. The van der Waals surface area contributed by atoms with E-state index in [4.69, 9.17) is 5.11 Å². The molecule has 1 heterocycles. The van der Waals surface area contributed by atoms with Crippen LogP contribution in [0.5, 0.6) is 0 Å². The van der Waals surface area contributed by atoms with Gasteiger partial charge in [0.25, 0.3) is 5.91 Å². The zero-order chi connectivity index (χ0) is 17.9. The van der Waals surface area contributed by atoms with E-state index in [1.165, 1.54) is 0 Å². The Labute approximate surface area is 141 Å². The molecule has 1 aromatic carbocycles. The summed E-state index contributed by atoms with van der Waals surface area (Å²) in [6.07, 6.45) is 0.192. The lowest BCUT2D eigenvalue weighted by Crippen LogP contribution is -2.38. The second kappa shape index (κ2) is 7.03. The molecule has 1 aliphatic rings. The average Bonchev–Trinajstić information content (AvgIpc) is 2.78. The number of unbranched alkanes of at least 4 members (excludes halogenated alkanes) is 1. The summed E-state index contributed by atoms with van der Waals surface area (Å²) in [6, 6.07) is 6.69.